The van der Waals surface area contributed by atoms with E-state index in [1.165, 1.54) is 10.9 Å². The van der Waals surface area contributed by atoms with E-state index >= 15 is 0 Å². The Labute approximate surface area is 130 Å². The van der Waals surface area contributed by atoms with E-state index in [-0.39, 0.29) is 11.4 Å². The average Bonchev–Trinajstić information content (AvgIpc) is 2.86. The molecule has 0 aliphatic carbocycles. The Morgan fingerprint density at radius 1 is 1.05 bits per heavy atom. The van der Waals surface area contributed by atoms with Gasteiger partial charge in [-0.25, -0.2) is 4.39 Å². The van der Waals surface area contributed by atoms with E-state index in [9.17, 15) is 4.39 Å². The van der Waals surface area contributed by atoms with Crippen LogP contribution in [0.5, 0.6) is 0 Å². The fourth-order valence-corrected chi connectivity index (χ4v) is 2.72. The summed E-state index contributed by atoms with van der Waals surface area (Å²) in [5.74, 6) is -0.209. The number of hydrogen-bond donors (Lipinski definition) is 1. The zero-order valence-corrected chi connectivity index (χ0v) is 13.6. The summed E-state index contributed by atoms with van der Waals surface area (Å²) in [6.07, 6.45) is 0. The normalized spacial score (nSPS) is 11.8. The summed E-state index contributed by atoms with van der Waals surface area (Å²) in [7, 11) is 0. The average molecular weight is 307 g/mol. The van der Waals surface area contributed by atoms with Crippen LogP contribution in [0.25, 0.3) is 0 Å². The van der Waals surface area contributed by atoms with Gasteiger partial charge in [0.2, 0.25) is 0 Å². The third kappa shape index (κ3) is 5.58. The van der Waals surface area contributed by atoms with Crippen molar-refractivity contribution in [3.8, 4) is 0 Å². The molecule has 1 heterocycles. The van der Waals surface area contributed by atoms with Crippen molar-refractivity contribution < 1.29 is 9.13 Å². The van der Waals surface area contributed by atoms with Crippen LogP contribution in [0.2, 0.25) is 0 Å². The minimum Gasteiger partial charge on any atom is -0.371 e. The van der Waals surface area contributed by atoms with Gasteiger partial charge in [0, 0.05) is 27.4 Å². The van der Waals surface area contributed by atoms with Gasteiger partial charge in [-0.15, -0.1) is 11.3 Å². The second-order valence-corrected chi connectivity index (χ2v) is 7.31. The summed E-state index contributed by atoms with van der Waals surface area (Å²) in [5, 5.41) is 3.46. The lowest BCUT2D eigenvalue weighted by Gasteiger charge is -2.19. The molecule has 1 aromatic carbocycles. The summed E-state index contributed by atoms with van der Waals surface area (Å²) in [4.78, 5) is 2.45. The van der Waals surface area contributed by atoms with Crippen molar-refractivity contribution in [3.05, 3.63) is 57.5 Å². The Morgan fingerprint density at radius 3 is 2.48 bits per heavy atom. The highest BCUT2D eigenvalue weighted by Gasteiger charge is 2.09. The maximum Gasteiger partial charge on any atom is 0.128 e. The van der Waals surface area contributed by atoms with Crippen LogP contribution in [0.15, 0.2) is 36.4 Å². The maximum absolute atomic E-state index is 13.4. The summed E-state index contributed by atoms with van der Waals surface area (Å²) < 4.78 is 19.0. The summed E-state index contributed by atoms with van der Waals surface area (Å²) in [6.45, 7) is 8.15. The molecule has 2 nitrogen and oxygen atoms in total. The maximum atomic E-state index is 13.4. The first-order valence-electron chi connectivity index (χ1n) is 7.08. The van der Waals surface area contributed by atoms with E-state index in [1.807, 2.05) is 6.07 Å². The molecule has 0 saturated heterocycles. The Hall–Kier alpha value is -1.23. The quantitative estimate of drug-likeness (QED) is 0.849. The second-order valence-electron chi connectivity index (χ2n) is 6.06. The summed E-state index contributed by atoms with van der Waals surface area (Å²) >= 11 is 1.73. The lowest BCUT2D eigenvalue weighted by atomic mass is 10.1. The fraction of sp³-hybridized carbons (Fsp3) is 0.412. The minimum atomic E-state index is -0.209. The Balaban J connectivity index is 1.79. The van der Waals surface area contributed by atoms with Gasteiger partial charge in [0.15, 0.2) is 0 Å². The van der Waals surface area contributed by atoms with Crippen LogP contribution >= 0.6 is 11.3 Å². The lowest BCUT2D eigenvalue weighted by Crippen LogP contribution is -2.34. The van der Waals surface area contributed by atoms with Gasteiger partial charge in [-0.3, -0.25) is 0 Å². The molecular weight excluding hydrogens is 285 g/mol. The SMILES string of the molecule is CC(C)(C)NCc1ccc(COCc2ccccc2F)s1. The first kappa shape index (κ1) is 16.1. The Morgan fingerprint density at radius 2 is 1.76 bits per heavy atom. The van der Waals surface area contributed by atoms with Crippen LogP contribution in [-0.4, -0.2) is 5.54 Å². The van der Waals surface area contributed by atoms with E-state index in [0.29, 0.717) is 18.8 Å². The standard InChI is InChI=1S/C17H22FNOS/c1-17(2,3)19-10-14-8-9-15(21-14)12-20-11-13-6-4-5-7-16(13)18/h4-9,19H,10-12H2,1-3H3. The van der Waals surface area contributed by atoms with Crippen LogP contribution in [0, 0.1) is 5.82 Å². The van der Waals surface area contributed by atoms with Crippen molar-refractivity contribution in [2.24, 2.45) is 0 Å². The second kappa shape index (κ2) is 7.16. The van der Waals surface area contributed by atoms with Crippen LogP contribution in [0.4, 0.5) is 4.39 Å². The van der Waals surface area contributed by atoms with Crippen molar-refractivity contribution in [1.82, 2.24) is 5.32 Å². The first-order valence-corrected chi connectivity index (χ1v) is 7.89. The van der Waals surface area contributed by atoms with Gasteiger partial charge in [-0.2, -0.15) is 0 Å². The van der Waals surface area contributed by atoms with Gasteiger partial charge < -0.3 is 10.1 Å². The molecule has 0 radical (unpaired) electrons. The monoisotopic (exact) mass is 307 g/mol. The largest absolute Gasteiger partial charge is 0.371 e. The van der Waals surface area contributed by atoms with Crippen molar-refractivity contribution >= 4 is 11.3 Å². The van der Waals surface area contributed by atoms with Gasteiger partial charge in [0.05, 0.1) is 13.2 Å². The van der Waals surface area contributed by atoms with Crippen LogP contribution < -0.4 is 5.32 Å². The van der Waals surface area contributed by atoms with Crippen LogP contribution in [0.1, 0.15) is 36.1 Å². The smallest absolute Gasteiger partial charge is 0.128 e. The molecule has 0 atom stereocenters. The highest BCUT2D eigenvalue weighted by molar-refractivity contribution is 7.11. The molecule has 0 saturated carbocycles. The van der Waals surface area contributed by atoms with E-state index in [0.717, 1.165) is 11.4 Å². The number of hydrogen-bond acceptors (Lipinski definition) is 3. The van der Waals surface area contributed by atoms with E-state index < -0.39 is 0 Å². The van der Waals surface area contributed by atoms with Gasteiger partial charge in [0.25, 0.3) is 0 Å². The molecule has 2 aromatic rings. The van der Waals surface area contributed by atoms with Gasteiger partial charge in [-0.05, 0) is 39.0 Å². The molecule has 0 fully saturated rings. The summed E-state index contributed by atoms with van der Waals surface area (Å²) in [6, 6.07) is 10.9. The Kier molecular flexibility index (Phi) is 5.51. The molecule has 2 rings (SSSR count). The van der Waals surface area contributed by atoms with Crippen LogP contribution in [-0.2, 0) is 24.5 Å². The van der Waals surface area contributed by atoms with Gasteiger partial charge in [-0.1, -0.05) is 18.2 Å². The predicted molar refractivity (Wildman–Crippen MR) is 85.8 cm³/mol. The highest BCUT2D eigenvalue weighted by Crippen LogP contribution is 2.19. The molecule has 1 aromatic heterocycles. The lowest BCUT2D eigenvalue weighted by molar-refractivity contribution is 0.107. The molecule has 1 N–H and O–H groups in total. The molecule has 0 spiro atoms. The predicted octanol–water partition coefficient (Wildman–Crippen LogP) is 4.49. The number of rotatable bonds is 6. The number of halogens is 1. The van der Waals surface area contributed by atoms with Crippen molar-refractivity contribution in [2.45, 2.75) is 46.1 Å². The zero-order valence-electron chi connectivity index (χ0n) is 12.8. The molecule has 4 heteroatoms. The first-order chi connectivity index (χ1) is 9.94. The van der Waals surface area contributed by atoms with Crippen molar-refractivity contribution in [2.75, 3.05) is 0 Å². The van der Waals surface area contributed by atoms with Gasteiger partial charge >= 0.3 is 0 Å². The van der Waals surface area contributed by atoms with E-state index in [4.69, 9.17) is 4.74 Å². The van der Waals surface area contributed by atoms with Crippen LogP contribution in [0.3, 0.4) is 0 Å². The molecule has 0 unspecified atom stereocenters. The van der Waals surface area contributed by atoms with Crippen molar-refractivity contribution in [1.29, 1.82) is 0 Å². The number of ether oxygens (including phenoxy) is 1. The molecule has 0 aliphatic heterocycles. The Bertz CT molecular complexity index is 574. The van der Waals surface area contributed by atoms with E-state index in [2.05, 4.69) is 38.2 Å². The molecule has 0 bridgehead atoms. The minimum absolute atomic E-state index is 0.117. The van der Waals surface area contributed by atoms with Crippen molar-refractivity contribution in [3.63, 3.8) is 0 Å². The number of nitrogens with one attached hydrogen (secondary N) is 1. The number of benzene rings is 1. The highest BCUT2D eigenvalue weighted by atomic mass is 32.1. The zero-order chi connectivity index (χ0) is 15.3. The molecule has 114 valence electrons. The topological polar surface area (TPSA) is 21.3 Å². The fourth-order valence-electron chi connectivity index (χ4n) is 1.82. The molecule has 21 heavy (non-hydrogen) atoms. The van der Waals surface area contributed by atoms with E-state index in [1.54, 1.807) is 23.5 Å². The molecule has 0 amide bonds. The molecular formula is C17H22FNOS. The van der Waals surface area contributed by atoms with Gasteiger partial charge in [0.1, 0.15) is 5.82 Å². The molecule has 0 aliphatic rings. The third-order valence-corrected chi connectivity index (χ3v) is 4.03. The third-order valence-electron chi connectivity index (χ3n) is 2.97. The number of thiophene rings is 1. The summed E-state index contributed by atoms with van der Waals surface area (Å²) in [5.41, 5.74) is 0.717.